The summed E-state index contributed by atoms with van der Waals surface area (Å²) >= 11 is 0. The Labute approximate surface area is 86.8 Å². The monoisotopic (exact) mass is 202 g/mol. The maximum Gasteiger partial charge on any atom is 0.346 e. The van der Waals surface area contributed by atoms with Gasteiger partial charge in [-0.3, -0.25) is 0 Å². The molecule has 0 unspecified atom stereocenters. The predicted octanol–water partition coefficient (Wildman–Crippen LogP) is 2.40. The molecule has 0 aliphatic carbocycles. The van der Waals surface area contributed by atoms with Gasteiger partial charge in [-0.25, -0.2) is 4.79 Å². The summed E-state index contributed by atoms with van der Waals surface area (Å²) in [5.74, 6) is -0.648. The fourth-order valence-corrected chi connectivity index (χ4v) is 1.55. The molecule has 0 saturated heterocycles. The van der Waals surface area contributed by atoms with E-state index < -0.39 is 5.97 Å². The Bertz CT molecular complexity index is 491. The van der Waals surface area contributed by atoms with Gasteiger partial charge in [-0.1, -0.05) is 42.5 Å². The summed E-state index contributed by atoms with van der Waals surface area (Å²) in [6.07, 6.45) is 0.0847. The molecule has 15 heavy (non-hydrogen) atoms. The third-order valence-corrected chi connectivity index (χ3v) is 2.26. The molecule has 3 nitrogen and oxygen atoms in total. The highest BCUT2D eigenvalue weighted by atomic mass is 17.1. The van der Waals surface area contributed by atoms with E-state index in [1.807, 2.05) is 42.5 Å². The number of hydrogen-bond donors (Lipinski definition) is 1. The van der Waals surface area contributed by atoms with E-state index in [2.05, 4.69) is 4.89 Å². The molecule has 0 saturated carbocycles. The van der Waals surface area contributed by atoms with Gasteiger partial charge < -0.3 is 4.89 Å². The van der Waals surface area contributed by atoms with Crippen LogP contribution in [0.15, 0.2) is 42.5 Å². The van der Waals surface area contributed by atoms with Gasteiger partial charge in [-0.15, -0.1) is 0 Å². The summed E-state index contributed by atoms with van der Waals surface area (Å²) in [6, 6.07) is 13.6. The third kappa shape index (κ3) is 2.14. The van der Waals surface area contributed by atoms with Crippen LogP contribution in [0, 0.1) is 0 Å². The van der Waals surface area contributed by atoms with Gasteiger partial charge in [-0.2, -0.15) is 5.26 Å². The van der Waals surface area contributed by atoms with E-state index in [1.54, 1.807) is 0 Å². The van der Waals surface area contributed by atoms with Crippen molar-refractivity contribution < 1.29 is 14.9 Å². The summed E-state index contributed by atoms with van der Waals surface area (Å²) in [5, 5.41) is 10.4. The van der Waals surface area contributed by atoms with Crippen LogP contribution in [-0.2, 0) is 16.1 Å². The molecule has 0 spiro atoms. The van der Waals surface area contributed by atoms with Crippen molar-refractivity contribution in [1.82, 2.24) is 0 Å². The van der Waals surface area contributed by atoms with E-state index in [9.17, 15) is 4.79 Å². The van der Waals surface area contributed by atoms with Crippen molar-refractivity contribution >= 4 is 16.7 Å². The summed E-state index contributed by atoms with van der Waals surface area (Å²) in [7, 11) is 0. The van der Waals surface area contributed by atoms with Crippen molar-refractivity contribution in [3.63, 3.8) is 0 Å². The molecule has 0 fully saturated rings. The molecule has 0 heterocycles. The van der Waals surface area contributed by atoms with E-state index in [4.69, 9.17) is 5.26 Å². The highest BCUT2D eigenvalue weighted by Crippen LogP contribution is 2.15. The molecule has 2 aromatic rings. The lowest BCUT2D eigenvalue weighted by atomic mass is 10.1. The molecular weight excluding hydrogens is 192 g/mol. The highest BCUT2D eigenvalue weighted by Gasteiger charge is 2.04. The largest absolute Gasteiger partial charge is 0.346 e. The van der Waals surface area contributed by atoms with Gasteiger partial charge in [0.2, 0.25) is 0 Å². The first-order valence-electron chi connectivity index (χ1n) is 4.61. The lowest BCUT2D eigenvalue weighted by molar-refractivity contribution is -0.233. The van der Waals surface area contributed by atoms with Crippen molar-refractivity contribution in [2.45, 2.75) is 6.42 Å². The number of carbonyl (C=O) groups is 1. The molecule has 0 bridgehead atoms. The van der Waals surface area contributed by atoms with Gasteiger partial charge in [0.25, 0.3) is 0 Å². The van der Waals surface area contributed by atoms with E-state index in [1.165, 1.54) is 0 Å². The lowest BCUT2D eigenvalue weighted by Crippen LogP contribution is -2.04. The molecule has 0 aliphatic heterocycles. The van der Waals surface area contributed by atoms with Gasteiger partial charge in [-0.05, 0) is 16.3 Å². The Morgan fingerprint density at radius 3 is 2.60 bits per heavy atom. The maximum atomic E-state index is 10.8. The molecule has 1 N–H and O–H groups in total. The van der Waals surface area contributed by atoms with Crippen LogP contribution in [0.2, 0.25) is 0 Å². The van der Waals surface area contributed by atoms with E-state index in [0.717, 1.165) is 16.3 Å². The van der Waals surface area contributed by atoms with Crippen LogP contribution >= 0.6 is 0 Å². The van der Waals surface area contributed by atoms with Crippen molar-refractivity contribution in [2.24, 2.45) is 0 Å². The number of hydrogen-bond acceptors (Lipinski definition) is 3. The number of carbonyl (C=O) groups excluding carboxylic acids is 1. The fraction of sp³-hybridized carbons (Fsp3) is 0.0833. The van der Waals surface area contributed by atoms with Gasteiger partial charge in [0.15, 0.2) is 0 Å². The van der Waals surface area contributed by atoms with Crippen molar-refractivity contribution in [2.75, 3.05) is 0 Å². The third-order valence-electron chi connectivity index (χ3n) is 2.26. The molecule has 0 amide bonds. The number of fused-ring (bicyclic) bond motifs is 1. The summed E-state index contributed by atoms with van der Waals surface area (Å²) in [6.45, 7) is 0. The normalized spacial score (nSPS) is 10.2. The van der Waals surface area contributed by atoms with Crippen molar-refractivity contribution in [1.29, 1.82) is 0 Å². The van der Waals surface area contributed by atoms with Crippen LogP contribution in [0.25, 0.3) is 10.8 Å². The summed E-state index contributed by atoms with van der Waals surface area (Å²) in [4.78, 5) is 14.5. The minimum atomic E-state index is -0.648. The lowest BCUT2D eigenvalue weighted by Gasteiger charge is -2.01. The van der Waals surface area contributed by atoms with Crippen LogP contribution < -0.4 is 0 Å². The zero-order chi connectivity index (χ0) is 10.7. The van der Waals surface area contributed by atoms with Crippen LogP contribution in [0.4, 0.5) is 0 Å². The molecule has 2 rings (SSSR count). The SMILES string of the molecule is O=C(Cc1ccc2ccccc2c1)OO. The smallest absolute Gasteiger partial charge is 0.301 e. The minimum Gasteiger partial charge on any atom is -0.301 e. The molecular formula is C12H10O3. The first-order valence-corrected chi connectivity index (χ1v) is 4.61. The molecule has 0 aliphatic rings. The summed E-state index contributed by atoms with van der Waals surface area (Å²) < 4.78 is 0. The average molecular weight is 202 g/mol. The molecule has 3 heteroatoms. The standard InChI is InChI=1S/C12H10O3/c13-12(15-14)8-9-5-6-10-3-1-2-4-11(10)7-9/h1-7,14H,8H2. The van der Waals surface area contributed by atoms with Gasteiger partial charge in [0.05, 0.1) is 6.42 Å². The Kier molecular flexibility index (Phi) is 2.65. The van der Waals surface area contributed by atoms with Crippen LogP contribution in [-0.4, -0.2) is 11.2 Å². The minimum absolute atomic E-state index is 0.0847. The Morgan fingerprint density at radius 2 is 1.87 bits per heavy atom. The molecule has 2 aromatic carbocycles. The molecule has 0 aromatic heterocycles. The number of rotatable bonds is 2. The van der Waals surface area contributed by atoms with Gasteiger partial charge in [0.1, 0.15) is 0 Å². The van der Waals surface area contributed by atoms with Gasteiger partial charge in [0, 0.05) is 0 Å². The predicted molar refractivity (Wildman–Crippen MR) is 56.4 cm³/mol. The van der Waals surface area contributed by atoms with E-state index in [-0.39, 0.29) is 6.42 Å². The molecule has 0 atom stereocenters. The fourth-order valence-electron chi connectivity index (χ4n) is 1.55. The zero-order valence-corrected chi connectivity index (χ0v) is 8.01. The van der Waals surface area contributed by atoms with Crippen LogP contribution in [0.5, 0.6) is 0 Å². The number of benzene rings is 2. The Morgan fingerprint density at radius 1 is 1.13 bits per heavy atom. The second-order valence-corrected chi connectivity index (χ2v) is 3.32. The average Bonchev–Trinajstić information content (AvgIpc) is 2.29. The quantitative estimate of drug-likeness (QED) is 0.600. The first kappa shape index (κ1) is 9.68. The Hall–Kier alpha value is -1.87. The van der Waals surface area contributed by atoms with Crippen molar-refractivity contribution in [3.05, 3.63) is 48.0 Å². The topological polar surface area (TPSA) is 46.5 Å². The van der Waals surface area contributed by atoms with Gasteiger partial charge >= 0.3 is 5.97 Å². The molecule has 0 radical (unpaired) electrons. The van der Waals surface area contributed by atoms with Crippen LogP contribution in [0.1, 0.15) is 5.56 Å². The van der Waals surface area contributed by atoms with E-state index in [0.29, 0.717) is 0 Å². The molecule has 76 valence electrons. The van der Waals surface area contributed by atoms with Crippen molar-refractivity contribution in [3.8, 4) is 0 Å². The van der Waals surface area contributed by atoms with Crippen LogP contribution in [0.3, 0.4) is 0 Å². The highest BCUT2D eigenvalue weighted by molar-refractivity contribution is 5.84. The zero-order valence-electron chi connectivity index (χ0n) is 8.01. The summed E-state index contributed by atoms with van der Waals surface area (Å²) in [5.41, 5.74) is 0.827. The first-order chi connectivity index (χ1) is 7.29. The van der Waals surface area contributed by atoms with E-state index >= 15 is 0 Å². The maximum absolute atomic E-state index is 10.8. The second kappa shape index (κ2) is 4.11. The Balaban J connectivity index is 2.34. The second-order valence-electron chi connectivity index (χ2n) is 3.32.